The molecule has 1 N–H and O–H groups in total. The number of halogens is 1. The molecule has 1 aliphatic rings. The van der Waals surface area contributed by atoms with Crippen LogP contribution in [-0.4, -0.2) is 18.3 Å². The van der Waals surface area contributed by atoms with Crippen molar-refractivity contribution in [2.75, 3.05) is 13.2 Å². The maximum absolute atomic E-state index is 12.9. The summed E-state index contributed by atoms with van der Waals surface area (Å²) >= 11 is 0. The van der Waals surface area contributed by atoms with E-state index in [1.165, 1.54) is 12.1 Å². The average Bonchev–Trinajstić information content (AvgIpc) is 2.65. The van der Waals surface area contributed by atoms with Gasteiger partial charge < -0.3 is 9.84 Å². The van der Waals surface area contributed by atoms with Crippen LogP contribution in [0.5, 0.6) is 0 Å². The standard InChI is InChI=1S/C11H13FO2/c12-10-3-1-2-8(6-10)11-9(7-13)4-5-14-11/h1-3,6,9,11,13H,4-5,7H2. The summed E-state index contributed by atoms with van der Waals surface area (Å²) in [6.45, 7) is 0.744. The topological polar surface area (TPSA) is 29.5 Å². The first-order chi connectivity index (χ1) is 6.81. The number of benzene rings is 1. The number of aliphatic hydroxyl groups is 1. The lowest BCUT2D eigenvalue weighted by Crippen LogP contribution is -2.11. The molecule has 0 amide bonds. The van der Waals surface area contributed by atoms with Crippen LogP contribution in [0.25, 0.3) is 0 Å². The van der Waals surface area contributed by atoms with E-state index < -0.39 is 0 Å². The first-order valence-electron chi connectivity index (χ1n) is 4.79. The van der Waals surface area contributed by atoms with E-state index in [0.29, 0.717) is 6.61 Å². The maximum Gasteiger partial charge on any atom is 0.123 e. The number of ether oxygens (including phenoxy) is 1. The fourth-order valence-electron chi connectivity index (χ4n) is 1.87. The minimum atomic E-state index is -0.255. The third-order valence-electron chi connectivity index (χ3n) is 2.63. The van der Waals surface area contributed by atoms with Crippen molar-refractivity contribution in [3.8, 4) is 0 Å². The quantitative estimate of drug-likeness (QED) is 0.782. The summed E-state index contributed by atoms with van der Waals surface area (Å²) in [5, 5.41) is 9.09. The molecular weight excluding hydrogens is 183 g/mol. The van der Waals surface area contributed by atoms with Crippen molar-refractivity contribution in [2.45, 2.75) is 12.5 Å². The van der Waals surface area contributed by atoms with Crippen LogP contribution < -0.4 is 0 Å². The van der Waals surface area contributed by atoms with Crippen molar-refractivity contribution in [3.63, 3.8) is 0 Å². The van der Waals surface area contributed by atoms with Crippen molar-refractivity contribution >= 4 is 0 Å². The van der Waals surface area contributed by atoms with Crippen LogP contribution in [-0.2, 0) is 4.74 Å². The molecule has 1 fully saturated rings. The Balaban J connectivity index is 2.21. The Morgan fingerprint density at radius 3 is 3.07 bits per heavy atom. The third kappa shape index (κ3) is 1.79. The summed E-state index contributed by atoms with van der Waals surface area (Å²) in [6.07, 6.45) is 0.702. The zero-order valence-corrected chi connectivity index (χ0v) is 7.82. The van der Waals surface area contributed by atoms with E-state index in [2.05, 4.69) is 0 Å². The van der Waals surface area contributed by atoms with E-state index in [-0.39, 0.29) is 24.4 Å². The molecule has 14 heavy (non-hydrogen) atoms. The minimum absolute atomic E-state index is 0.0984. The second-order valence-electron chi connectivity index (χ2n) is 3.58. The second kappa shape index (κ2) is 4.07. The highest BCUT2D eigenvalue weighted by Crippen LogP contribution is 2.34. The van der Waals surface area contributed by atoms with Crippen molar-refractivity contribution in [3.05, 3.63) is 35.6 Å². The molecule has 0 saturated carbocycles. The summed E-state index contributed by atoms with van der Waals surface area (Å²) < 4.78 is 18.4. The molecule has 1 aromatic rings. The maximum atomic E-state index is 12.9. The predicted octanol–water partition coefficient (Wildman–Crippen LogP) is 1.90. The molecule has 0 spiro atoms. The van der Waals surface area contributed by atoms with Crippen LogP contribution in [0.3, 0.4) is 0 Å². The van der Waals surface area contributed by atoms with E-state index in [9.17, 15) is 4.39 Å². The molecule has 0 bridgehead atoms. The van der Waals surface area contributed by atoms with Crippen LogP contribution in [0.4, 0.5) is 4.39 Å². The first-order valence-corrected chi connectivity index (χ1v) is 4.79. The van der Waals surface area contributed by atoms with Gasteiger partial charge in [0.05, 0.1) is 6.10 Å². The molecule has 1 heterocycles. The highest BCUT2D eigenvalue weighted by molar-refractivity contribution is 5.20. The predicted molar refractivity (Wildman–Crippen MR) is 50.3 cm³/mol. The van der Waals surface area contributed by atoms with Gasteiger partial charge in [0.1, 0.15) is 5.82 Å². The van der Waals surface area contributed by atoms with Crippen LogP contribution >= 0.6 is 0 Å². The van der Waals surface area contributed by atoms with Crippen molar-refractivity contribution in [2.24, 2.45) is 5.92 Å². The van der Waals surface area contributed by atoms with Crippen LogP contribution in [0, 0.1) is 11.7 Å². The van der Waals surface area contributed by atoms with Gasteiger partial charge in [-0.25, -0.2) is 4.39 Å². The van der Waals surface area contributed by atoms with E-state index in [4.69, 9.17) is 9.84 Å². The van der Waals surface area contributed by atoms with E-state index in [0.717, 1.165) is 12.0 Å². The molecule has 2 unspecified atom stereocenters. The molecule has 1 aromatic carbocycles. The largest absolute Gasteiger partial charge is 0.396 e. The molecular formula is C11H13FO2. The Labute approximate surface area is 82.3 Å². The summed E-state index contributed by atoms with van der Waals surface area (Å²) in [6, 6.07) is 6.38. The molecule has 3 heteroatoms. The lowest BCUT2D eigenvalue weighted by molar-refractivity contribution is 0.0718. The Kier molecular flexibility index (Phi) is 2.79. The Bertz CT molecular complexity index is 314. The van der Waals surface area contributed by atoms with Gasteiger partial charge in [0, 0.05) is 19.1 Å². The van der Waals surface area contributed by atoms with Crippen molar-refractivity contribution < 1.29 is 14.2 Å². The van der Waals surface area contributed by atoms with E-state index in [1.54, 1.807) is 6.07 Å². The number of hydrogen-bond acceptors (Lipinski definition) is 2. The van der Waals surface area contributed by atoms with Gasteiger partial charge in [-0.2, -0.15) is 0 Å². The van der Waals surface area contributed by atoms with Crippen LogP contribution in [0.15, 0.2) is 24.3 Å². The molecule has 1 aliphatic heterocycles. The van der Waals surface area contributed by atoms with E-state index in [1.807, 2.05) is 6.07 Å². The van der Waals surface area contributed by atoms with E-state index >= 15 is 0 Å². The first kappa shape index (κ1) is 9.62. The fraction of sp³-hybridized carbons (Fsp3) is 0.455. The molecule has 0 aliphatic carbocycles. The van der Waals surface area contributed by atoms with Gasteiger partial charge in [-0.3, -0.25) is 0 Å². The lowest BCUT2D eigenvalue weighted by atomic mass is 9.96. The molecule has 2 atom stereocenters. The summed E-state index contributed by atoms with van der Waals surface area (Å²) in [5.74, 6) is -0.147. The molecule has 76 valence electrons. The highest BCUT2D eigenvalue weighted by Gasteiger charge is 2.28. The van der Waals surface area contributed by atoms with Gasteiger partial charge in [0.15, 0.2) is 0 Å². The zero-order chi connectivity index (χ0) is 9.97. The van der Waals surface area contributed by atoms with Gasteiger partial charge in [-0.05, 0) is 24.1 Å². The summed E-state index contributed by atoms with van der Waals surface area (Å²) in [4.78, 5) is 0. The van der Waals surface area contributed by atoms with Gasteiger partial charge in [0.2, 0.25) is 0 Å². The van der Waals surface area contributed by atoms with Gasteiger partial charge in [-0.1, -0.05) is 12.1 Å². The number of rotatable bonds is 2. The Morgan fingerprint density at radius 2 is 2.36 bits per heavy atom. The van der Waals surface area contributed by atoms with Gasteiger partial charge in [0.25, 0.3) is 0 Å². The molecule has 0 aromatic heterocycles. The average molecular weight is 196 g/mol. The van der Waals surface area contributed by atoms with Crippen molar-refractivity contribution in [1.82, 2.24) is 0 Å². The Hall–Kier alpha value is -0.930. The van der Waals surface area contributed by atoms with Gasteiger partial charge >= 0.3 is 0 Å². The molecule has 0 radical (unpaired) electrons. The fourth-order valence-corrected chi connectivity index (χ4v) is 1.87. The normalized spacial score (nSPS) is 26.7. The molecule has 2 nitrogen and oxygen atoms in total. The monoisotopic (exact) mass is 196 g/mol. The molecule has 2 rings (SSSR count). The third-order valence-corrected chi connectivity index (χ3v) is 2.63. The number of aliphatic hydroxyl groups excluding tert-OH is 1. The summed E-state index contributed by atoms with van der Waals surface area (Å²) in [7, 11) is 0. The Morgan fingerprint density at radius 1 is 1.50 bits per heavy atom. The second-order valence-corrected chi connectivity index (χ2v) is 3.58. The molecule has 1 saturated heterocycles. The van der Waals surface area contributed by atoms with Crippen LogP contribution in [0.1, 0.15) is 18.1 Å². The number of hydrogen-bond donors (Lipinski definition) is 1. The minimum Gasteiger partial charge on any atom is -0.396 e. The SMILES string of the molecule is OCC1CCOC1c1cccc(F)c1. The lowest BCUT2D eigenvalue weighted by Gasteiger charge is -2.16. The van der Waals surface area contributed by atoms with Gasteiger partial charge in [-0.15, -0.1) is 0 Å². The van der Waals surface area contributed by atoms with Crippen molar-refractivity contribution in [1.29, 1.82) is 0 Å². The zero-order valence-electron chi connectivity index (χ0n) is 7.82. The highest BCUT2D eigenvalue weighted by atomic mass is 19.1. The van der Waals surface area contributed by atoms with Crippen LogP contribution in [0.2, 0.25) is 0 Å². The smallest absolute Gasteiger partial charge is 0.123 e. The summed E-state index contributed by atoms with van der Waals surface area (Å²) in [5.41, 5.74) is 0.821.